The number of nitrogens with one attached hydrogen (secondary N) is 1. The number of halogens is 1. The van der Waals surface area contributed by atoms with Gasteiger partial charge in [0.15, 0.2) is 0 Å². The molecule has 148 valence electrons. The normalized spacial score (nSPS) is 11.5. The molecule has 0 aliphatic heterocycles. The van der Waals surface area contributed by atoms with Crippen molar-refractivity contribution in [2.75, 3.05) is 6.54 Å². The van der Waals surface area contributed by atoms with Gasteiger partial charge in [0.1, 0.15) is 6.04 Å². The predicted octanol–water partition coefficient (Wildman–Crippen LogP) is 3.45. The molecule has 2 aromatic rings. The number of carbonyl (C=O) groups is 2. The van der Waals surface area contributed by atoms with Crippen molar-refractivity contribution in [3.8, 4) is 0 Å². The van der Waals surface area contributed by atoms with Gasteiger partial charge < -0.3 is 10.2 Å². The van der Waals surface area contributed by atoms with E-state index < -0.39 is 11.0 Å². The number of nitro groups is 1. The lowest BCUT2D eigenvalue weighted by Crippen LogP contribution is -2.48. The number of carbonyl (C=O) groups excluding carboxylic acids is 2. The zero-order chi connectivity index (χ0) is 20.7. The standard InChI is InChI=1S/C20H22BrN3O4/c1-3-22-20(26)14(2)23(13-15-8-10-17(21)11-9-15)19(25)12-16-6-4-5-7-18(16)24(27)28/h4-11,14H,3,12-13H2,1-2H3,(H,22,26)/t14-/m0/s1. The molecule has 0 unspecified atom stereocenters. The third kappa shape index (κ3) is 5.63. The molecule has 28 heavy (non-hydrogen) atoms. The van der Waals surface area contributed by atoms with Gasteiger partial charge in [-0.05, 0) is 31.5 Å². The lowest BCUT2D eigenvalue weighted by Gasteiger charge is -2.28. The number of benzene rings is 2. The first-order valence-corrected chi connectivity index (χ1v) is 9.66. The highest BCUT2D eigenvalue weighted by Crippen LogP contribution is 2.21. The number of amides is 2. The largest absolute Gasteiger partial charge is 0.355 e. The predicted molar refractivity (Wildman–Crippen MR) is 110 cm³/mol. The van der Waals surface area contributed by atoms with Gasteiger partial charge in [-0.3, -0.25) is 19.7 Å². The summed E-state index contributed by atoms with van der Waals surface area (Å²) in [5, 5.41) is 14.0. The molecular weight excluding hydrogens is 426 g/mol. The molecule has 1 N–H and O–H groups in total. The Labute approximate surface area is 172 Å². The first-order chi connectivity index (χ1) is 13.3. The quantitative estimate of drug-likeness (QED) is 0.495. The third-order valence-corrected chi connectivity index (χ3v) is 4.84. The number of nitro benzene ring substituents is 1. The second kappa shape index (κ2) is 9.98. The number of likely N-dealkylation sites (N-methyl/N-ethyl adjacent to an activating group) is 1. The minimum absolute atomic E-state index is 0.106. The number of para-hydroxylation sites is 1. The Morgan fingerprint density at radius 2 is 1.82 bits per heavy atom. The van der Waals surface area contributed by atoms with Crippen molar-refractivity contribution in [3.05, 3.63) is 74.2 Å². The van der Waals surface area contributed by atoms with E-state index in [0.717, 1.165) is 10.0 Å². The van der Waals surface area contributed by atoms with Crippen molar-refractivity contribution >= 4 is 33.4 Å². The molecule has 0 heterocycles. The Morgan fingerprint density at radius 1 is 1.18 bits per heavy atom. The van der Waals surface area contributed by atoms with Crippen LogP contribution < -0.4 is 5.32 Å². The Hall–Kier alpha value is -2.74. The summed E-state index contributed by atoms with van der Waals surface area (Å²) in [5.74, 6) is -0.619. The van der Waals surface area contributed by atoms with Crippen LogP contribution in [0.4, 0.5) is 5.69 Å². The van der Waals surface area contributed by atoms with Gasteiger partial charge in [-0.25, -0.2) is 0 Å². The van der Waals surface area contributed by atoms with Crippen molar-refractivity contribution in [1.29, 1.82) is 0 Å². The van der Waals surface area contributed by atoms with E-state index in [1.165, 1.54) is 11.0 Å². The summed E-state index contributed by atoms with van der Waals surface area (Å²) in [6.07, 6.45) is -0.155. The molecule has 0 spiro atoms. The van der Waals surface area contributed by atoms with Crippen LogP contribution in [0.15, 0.2) is 53.0 Å². The van der Waals surface area contributed by atoms with E-state index in [9.17, 15) is 19.7 Å². The average Bonchev–Trinajstić information content (AvgIpc) is 2.67. The van der Waals surface area contributed by atoms with Gasteiger partial charge in [-0.15, -0.1) is 0 Å². The molecule has 0 saturated carbocycles. The van der Waals surface area contributed by atoms with Crippen molar-refractivity contribution in [2.24, 2.45) is 0 Å². The van der Waals surface area contributed by atoms with Crippen LogP contribution >= 0.6 is 15.9 Å². The highest BCUT2D eigenvalue weighted by molar-refractivity contribution is 9.10. The summed E-state index contributed by atoms with van der Waals surface area (Å²) in [6, 6.07) is 12.9. The van der Waals surface area contributed by atoms with Gasteiger partial charge in [0.05, 0.1) is 11.3 Å². The fourth-order valence-electron chi connectivity index (χ4n) is 2.79. The number of hydrogen-bond donors (Lipinski definition) is 1. The minimum atomic E-state index is -0.709. The molecule has 2 rings (SSSR count). The maximum Gasteiger partial charge on any atom is 0.273 e. The summed E-state index contributed by atoms with van der Waals surface area (Å²) in [7, 11) is 0. The van der Waals surface area contributed by atoms with Crippen molar-refractivity contribution in [1.82, 2.24) is 10.2 Å². The van der Waals surface area contributed by atoms with Crippen molar-refractivity contribution in [2.45, 2.75) is 32.9 Å². The van der Waals surface area contributed by atoms with E-state index >= 15 is 0 Å². The molecule has 0 aliphatic carbocycles. The van der Waals surface area contributed by atoms with Gasteiger partial charge in [0.25, 0.3) is 5.69 Å². The van der Waals surface area contributed by atoms with Crippen molar-refractivity contribution < 1.29 is 14.5 Å². The Morgan fingerprint density at radius 3 is 2.43 bits per heavy atom. The third-order valence-electron chi connectivity index (χ3n) is 4.31. The molecule has 2 aromatic carbocycles. The van der Waals surface area contributed by atoms with E-state index in [2.05, 4.69) is 21.2 Å². The number of nitrogens with zero attached hydrogens (tertiary/aromatic N) is 2. The zero-order valence-corrected chi connectivity index (χ0v) is 17.3. The van der Waals surface area contributed by atoms with E-state index in [-0.39, 0.29) is 30.5 Å². The molecule has 7 nitrogen and oxygen atoms in total. The van der Waals surface area contributed by atoms with E-state index in [4.69, 9.17) is 0 Å². The Bertz CT molecular complexity index is 855. The Balaban J connectivity index is 2.29. The van der Waals surface area contributed by atoms with E-state index in [0.29, 0.717) is 12.1 Å². The topological polar surface area (TPSA) is 92.6 Å². The minimum Gasteiger partial charge on any atom is -0.355 e. The van der Waals surface area contributed by atoms with Crippen LogP contribution in [0.3, 0.4) is 0 Å². The fourth-order valence-corrected chi connectivity index (χ4v) is 3.06. The smallest absolute Gasteiger partial charge is 0.273 e. The zero-order valence-electron chi connectivity index (χ0n) is 15.7. The maximum atomic E-state index is 13.0. The van der Waals surface area contributed by atoms with E-state index in [1.807, 2.05) is 24.3 Å². The number of rotatable bonds is 8. The average molecular weight is 448 g/mol. The summed E-state index contributed by atoms with van der Waals surface area (Å²) in [5.41, 5.74) is 1.07. The second-order valence-electron chi connectivity index (χ2n) is 6.28. The highest BCUT2D eigenvalue weighted by atomic mass is 79.9. The molecule has 0 bridgehead atoms. The second-order valence-corrected chi connectivity index (χ2v) is 7.20. The van der Waals surface area contributed by atoms with Gasteiger partial charge >= 0.3 is 0 Å². The molecule has 0 aromatic heterocycles. The van der Waals surface area contributed by atoms with Crippen LogP contribution in [0.1, 0.15) is 25.0 Å². The van der Waals surface area contributed by atoms with Gasteiger partial charge in [0.2, 0.25) is 11.8 Å². The summed E-state index contributed by atoms with van der Waals surface area (Å²) >= 11 is 3.37. The number of hydrogen-bond acceptors (Lipinski definition) is 4. The lowest BCUT2D eigenvalue weighted by atomic mass is 10.1. The lowest BCUT2D eigenvalue weighted by molar-refractivity contribution is -0.385. The molecule has 0 radical (unpaired) electrons. The highest BCUT2D eigenvalue weighted by Gasteiger charge is 2.27. The molecule has 8 heteroatoms. The van der Waals surface area contributed by atoms with Crippen molar-refractivity contribution in [3.63, 3.8) is 0 Å². The Kier molecular flexibility index (Phi) is 7.69. The molecule has 0 saturated heterocycles. The van der Waals surface area contributed by atoms with Gasteiger partial charge in [-0.2, -0.15) is 0 Å². The molecule has 0 aliphatic rings. The SMILES string of the molecule is CCNC(=O)[C@H](C)N(Cc1ccc(Br)cc1)C(=O)Cc1ccccc1[N+](=O)[O-]. The summed E-state index contributed by atoms with van der Waals surface area (Å²) in [6.45, 7) is 4.14. The molecule has 2 amide bonds. The summed E-state index contributed by atoms with van der Waals surface area (Å²) in [4.78, 5) is 37.5. The van der Waals surface area contributed by atoms with Crippen LogP contribution in [-0.2, 0) is 22.6 Å². The van der Waals surface area contributed by atoms with E-state index in [1.54, 1.807) is 32.0 Å². The first-order valence-electron chi connectivity index (χ1n) is 8.87. The molecular formula is C20H22BrN3O4. The van der Waals surface area contributed by atoms with Gasteiger partial charge in [0, 0.05) is 29.2 Å². The fraction of sp³-hybridized carbons (Fsp3) is 0.300. The van der Waals surface area contributed by atoms with Crippen LogP contribution in [0, 0.1) is 10.1 Å². The van der Waals surface area contributed by atoms with Crippen LogP contribution in [0.2, 0.25) is 0 Å². The monoisotopic (exact) mass is 447 g/mol. The summed E-state index contributed by atoms with van der Waals surface area (Å²) < 4.78 is 0.908. The van der Waals surface area contributed by atoms with Crippen LogP contribution in [0.25, 0.3) is 0 Å². The van der Waals surface area contributed by atoms with Crippen LogP contribution in [0.5, 0.6) is 0 Å². The van der Waals surface area contributed by atoms with Crippen LogP contribution in [-0.4, -0.2) is 34.2 Å². The maximum absolute atomic E-state index is 13.0. The molecule has 1 atom stereocenters. The van der Waals surface area contributed by atoms with Gasteiger partial charge in [-0.1, -0.05) is 46.3 Å². The molecule has 0 fully saturated rings. The first kappa shape index (κ1) is 21.6.